The summed E-state index contributed by atoms with van der Waals surface area (Å²) < 4.78 is 15.1. The highest BCUT2D eigenvalue weighted by Gasteiger charge is 2.44. The van der Waals surface area contributed by atoms with Gasteiger partial charge in [-0.1, -0.05) is 6.07 Å². The molecule has 11 nitrogen and oxygen atoms in total. The summed E-state index contributed by atoms with van der Waals surface area (Å²) in [6.45, 7) is -1.48. The van der Waals surface area contributed by atoms with Crippen LogP contribution in [-0.4, -0.2) is 98.3 Å². The number of phenolic OH excluding ortho intramolecular Hbond substituents is 2. The van der Waals surface area contributed by atoms with Crippen LogP contribution in [0.1, 0.15) is 5.56 Å². The summed E-state index contributed by atoms with van der Waals surface area (Å²) in [6, 6.07) is 3.95. The predicted molar refractivity (Wildman–Crippen MR) is 95.5 cm³/mol. The Hall–Kier alpha value is -2.25. The number of hydrogen-bond acceptors (Lipinski definition) is 11. The van der Waals surface area contributed by atoms with Crippen molar-refractivity contribution in [3.05, 3.63) is 29.8 Å². The fraction of sp³-hybridized carbons (Fsp3) is 0.500. The van der Waals surface area contributed by atoms with Gasteiger partial charge in [-0.2, -0.15) is 0 Å². The Labute approximate surface area is 165 Å². The maximum Gasteiger partial charge on any atom is 0.330 e. The van der Waals surface area contributed by atoms with Crippen LogP contribution in [0.25, 0.3) is 6.08 Å². The molecule has 0 aliphatic carbocycles. The van der Waals surface area contributed by atoms with Crippen molar-refractivity contribution >= 4 is 12.0 Å². The van der Waals surface area contributed by atoms with Gasteiger partial charge in [0, 0.05) is 6.08 Å². The normalized spacial score (nSPS) is 28.4. The van der Waals surface area contributed by atoms with Gasteiger partial charge in [0.15, 0.2) is 17.8 Å². The molecule has 0 radical (unpaired) electrons. The molecule has 1 saturated heterocycles. The first kappa shape index (κ1) is 23.0. The van der Waals surface area contributed by atoms with Gasteiger partial charge in [-0.05, 0) is 23.8 Å². The second-order valence-corrected chi connectivity index (χ2v) is 6.40. The van der Waals surface area contributed by atoms with E-state index in [2.05, 4.69) is 0 Å². The molecule has 0 bridgehead atoms. The quantitative estimate of drug-likeness (QED) is 0.139. The Morgan fingerprint density at radius 1 is 1.10 bits per heavy atom. The predicted octanol–water partition coefficient (Wildman–Crippen LogP) is -2.17. The lowest BCUT2D eigenvalue weighted by atomic mass is 9.99. The number of aliphatic hydroxyl groups is 5. The highest BCUT2D eigenvalue weighted by molar-refractivity contribution is 5.87. The number of carbonyl (C=O) groups is 1. The van der Waals surface area contributed by atoms with Gasteiger partial charge in [-0.25, -0.2) is 4.79 Å². The number of aliphatic hydroxyl groups excluding tert-OH is 5. The number of ether oxygens (including phenoxy) is 3. The van der Waals surface area contributed by atoms with Crippen molar-refractivity contribution in [1.29, 1.82) is 0 Å². The first-order chi connectivity index (χ1) is 13.7. The lowest BCUT2D eigenvalue weighted by Gasteiger charge is -2.39. The molecule has 7 N–H and O–H groups in total. The summed E-state index contributed by atoms with van der Waals surface area (Å²) in [4.78, 5) is 11.7. The fourth-order valence-electron chi connectivity index (χ4n) is 2.49. The Morgan fingerprint density at radius 2 is 1.83 bits per heavy atom. The molecule has 11 heteroatoms. The molecule has 0 aromatic heterocycles. The third-order valence-corrected chi connectivity index (χ3v) is 4.13. The molecule has 1 heterocycles. The van der Waals surface area contributed by atoms with Gasteiger partial charge in [0.05, 0.1) is 13.2 Å². The van der Waals surface area contributed by atoms with E-state index in [0.717, 1.165) is 6.08 Å². The van der Waals surface area contributed by atoms with Crippen LogP contribution < -0.4 is 0 Å². The lowest BCUT2D eigenvalue weighted by Crippen LogP contribution is -2.59. The number of benzene rings is 1. The minimum Gasteiger partial charge on any atom is -0.504 e. The topological polar surface area (TPSA) is 186 Å². The summed E-state index contributed by atoms with van der Waals surface area (Å²) in [7, 11) is 0. The lowest BCUT2D eigenvalue weighted by molar-refractivity contribution is -0.304. The van der Waals surface area contributed by atoms with Crippen molar-refractivity contribution in [1.82, 2.24) is 0 Å². The number of phenols is 2. The number of hydrogen-bond donors (Lipinski definition) is 7. The number of rotatable bonds is 8. The van der Waals surface area contributed by atoms with Gasteiger partial charge in [-0.15, -0.1) is 0 Å². The molecule has 0 amide bonds. The Morgan fingerprint density at radius 3 is 2.48 bits per heavy atom. The van der Waals surface area contributed by atoms with Crippen LogP contribution in [0.15, 0.2) is 24.3 Å². The average Bonchev–Trinajstić information content (AvgIpc) is 2.70. The molecule has 162 valence electrons. The van der Waals surface area contributed by atoms with Gasteiger partial charge in [0.1, 0.15) is 37.1 Å². The van der Waals surface area contributed by atoms with Crippen LogP contribution in [0.3, 0.4) is 0 Å². The maximum atomic E-state index is 11.7. The summed E-state index contributed by atoms with van der Waals surface area (Å²) >= 11 is 0. The number of esters is 1. The summed E-state index contributed by atoms with van der Waals surface area (Å²) in [5, 5.41) is 66.6. The second kappa shape index (κ2) is 10.5. The molecule has 2 rings (SSSR count). The summed E-state index contributed by atoms with van der Waals surface area (Å²) in [6.07, 6.45) is -6.18. The van der Waals surface area contributed by atoms with Crippen molar-refractivity contribution in [2.75, 3.05) is 19.8 Å². The molecule has 1 aliphatic heterocycles. The first-order valence-corrected chi connectivity index (χ1v) is 8.70. The molecule has 5 unspecified atom stereocenters. The minimum absolute atomic E-state index is 0.299. The van der Waals surface area contributed by atoms with Crippen molar-refractivity contribution < 1.29 is 54.8 Å². The standard InChI is InChI=1S/C18H24O11/c19-6-13-15(24)16(25)17(26)18(29-13)28-8-10(20)7-27-14(23)4-2-9-1-3-11(21)12(22)5-9/h1-5,10,13,15-22,24-26H,6-8H2/b4-2+/t10-,13?,15?,16?,17?,18?/m1/s1. The smallest absolute Gasteiger partial charge is 0.330 e. The largest absolute Gasteiger partial charge is 0.504 e. The molecule has 1 aliphatic rings. The Bertz CT molecular complexity index is 705. The second-order valence-electron chi connectivity index (χ2n) is 6.40. The fourth-order valence-corrected chi connectivity index (χ4v) is 2.49. The van der Waals surface area contributed by atoms with E-state index in [9.17, 15) is 35.4 Å². The molecule has 1 aromatic carbocycles. The van der Waals surface area contributed by atoms with Crippen molar-refractivity contribution in [2.24, 2.45) is 0 Å². The van der Waals surface area contributed by atoms with Crippen LogP contribution >= 0.6 is 0 Å². The number of carbonyl (C=O) groups excluding carboxylic acids is 1. The molecule has 1 fully saturated rings. The summed E-state index contributed by atoms with van der Waals surface area (Å²) in [5.41, 5.74) is 0.434. The molecular weight excluding hydrogens is 392 g/mol. The summed E-state index contributed by atoms with van der Waals surface area (Å²) in [5.74, 6) is -1.43. The van der Waals surface area contributed by atoms with Crippen LogP contribution in [0.2, 0.25) is 0 Å². The van der Waals surface area contributed by atoms with Crippen LogP contribution in [-0.2, 0) is 19.0 Å². The van der Waals surface area contributed by atoms with Gasteiger partial charge >= 0.3 is 5.97 Å². The van der Waals surface area contributed by atoms with Crippen LogP contribution in [0.4, 0.5) is 0 Å². The maximum absolute atomic E-state index is 11.7. The number of aromatic hydroxyl groups is 2. The van der Waals surface area contributed by atoms with E-state index in [4.69, 9.17) is 19.3 Å². The molecule has 29 heavy (non-hydrogen) atoms. The van der Waals surface area contributed by atoms with Gasteiger partial charge in [0.2, 0.25) is 0 Å². The minimum atomic E-state index is -1.61. The van der Waals surface area contributed by atoms with E-state index in [-0.39, 0.29) is 11.5 Å². The van der Waals surface area contributed by atoms with Crippen LogP contribution in [0.5, 0.6) is 11.5 Å². The zero-order valence-corrected chi connectivity index (χ0v) is 15.2. The zero-order chi connectivity index (χ0) is 21.6. The van der Waals surface area contributed by atoms with Gasteiger partial charge in [-0.3, -0.25) is 0 Å². The Kier molecular flexibility index (Phi) is 8.34. The van der Waals surface area contributed by atoms with E-state index in [1.54, 1.807) is 0 Å². The zero-order valence-electron chi connectivity index (χ0n) is 15.2. The van der Waals surface area contributed by atoms with Crippen molar-refractivity contribution in [3.8, 4) is 11.5 Å². The van der Waals surface area contributed by atoms with Crippen molar-refractivity contribution in [3.63, 3.8) is 0 Å². The third kappa shape index (κ3) is 6.37. The average molecular weight is 416 g/mol. The van der Waals surface area contributed by atoms with E-state index in [1.807, 2.05) is 0 Å². The van der Waals surface area contributed by atoms with Gasteiger partial charge < -0.3 is 50.0 Å². The third-order valence-electron chi connectivity index (χ3n) is 4.13. The Balaban J connectivity index is 1.76. The van der Waals surface area contributed by atoms with Crippen molar-refractivity contribution in [2.45, 2.75) is 36.8 Å². The molecule has 6 atom stereocenters. The van der Waals surface area contributed by atoms with E-state index < -0.39 is 62.6 Å². The van der Waals surface area contributed by atoms with Crippen LogP contribution in [0, 0.1) is 0 Å². The highest BCUT2D eigenvalue weighted by atomic mass is 16.7. The van der Waals surface area contributed by atoms with E-state index in [1.165, 1.54) is 24.3 Å². The SMILES string of the molecule is O=C(/C=C/c1ccc(O)c(O)c1)OC[C@@H](O)COC1OC(CO)C(O)C(O)C1O. The molecule has 0 spiro atoms. The highest BCUT2D eigenvalue weighted by Crippen LogP contribution is 2.25. The van der Waals surface area contributed by atoms with E-state index in [0.29, 0.717) is 5.56 Å². The molecular formula is C18H24O11. The first-order valence-electron chi connectivity index (χ1n) is 8.70. The van der Waals surface area contributed by atoms with Gasteiger partial charge in [0.25, 0.3) is 0 Å². The molecule has 0 saturated carbocycles. The van der Waals surface area contributed by atoms with E-state index >= 15 is 0 Å². The monoisotopic (exact) mass is 416 g/mol. The molecule has 1 aromatic rings.